The monoisotopic (exact) mass is 282 g/mol. The number of carboxylic acids is 1. The Morgan fingerprint density at radius 2 is 1.80 bits per heavy atom. The molecule has 0 bridgehead atoms. The first-order valence-electron chi connectivity index (χ1n) is 7.80. The number of rotatable bonds is 3. The molecule has 20 heavy (non-hydrogen) atoms. The van der Waals surface area contributed by atoms with Gasteiger partial charge in [-0.05, 0) is 37.5 Å². The highest BCUT2D eigenvalue weighted by Crippen LogP contribution is 2.35. The molecule has 0 aromatic heterocycles. The smallest absolute Gasteiger partial charge is 0.326 e. The summed E-state index contributed by atoms with van der Waals surface area (Å²) in [7, 11) is 0. The van der Waals surface area contributed by atoms with Crippen molar-refractivity contribution >= 4 is 12.0 Å². The van der Waals surface area contributed by atoms with Gasteiger partial charge in [-0.2, -0.15) is 0 Å². The lowest BCUT2D eigenvalue weighted by Gasteiger charge is -2.44. The minimum Gasteiger partial charge on any atom is -0.480 e. The van der Waals surface area contributed by atoms with E-state index in [1.165, 1.54) is 25.7 Å². The van der Waals surface area contributed by atoms with Crippen LogP contribution in [-0.4, -0.2) is 40.6 Å². The molecule has 1 heterocycles. The van der Waals surface area contributed by atoms with Gasteiger partial charge >= 0.3 is 12.0 Å². The van der Waals surface area contributed by atoms with Crippen LogP contribution in [0.4, 0.5) is 4.79 Å². The molecule has 2 fully saturated rings. The lowest BCUT2D eigenvalue weighted by molar-refractivity contribution is -0.140. The molecule has 1 aliphatic carbocycles. The van der Waals surface area contributed by atoms with Gasteiger partial charge in [-0.1, -0.05) is 26.7 Å². The molecule has 0 aromatic rings. The number of hydrogen-bond acceptors (Lipinski definition) is 2. The molecule has 0 spiro atoms. The lowest BCUT2D eigenvalue weighted by atomic mass is 9.78. The van der Waals surface area contributed by atoms with Gasteiger partial charge < -0.3 is 15.3 Å². The molecular formula is C15H26N2O3. The summed E-state index contributed by atoms with van der Waals surface area (Å²) >= 11 is 0. The van der Waals surface area contributed by atoms with Gasteiger partial charge in [0.15, 0.2) is 0 Å². The van der Waals surface area contributed by atoms with Gasteiger partial charge in [0.1, 0.15) is 6.04 Å². The van der Waals surface area contributed by atoms with Crippen molar-refractivity contribution in [3.8, 4) is 0 Å². The molecule has 1 aliphatic heterocycles. The van der Waals surface area contributed by atoms with E-state index in [0.29, 0.717) is 12.0 Å². The fraction of sp³-hybridized carbons (Fsp3) is 0.867. The van der Waals surface area contributed by atoms with Crippen molar-refractivity contribution in [2.45, 2.75) is 64.5 Å². The Balaban J connectivity index is 2.01. The molecule has 5 heteroatoms. The van der Waals surface area contributed by atoms with Gasteiger partial charge in [0.25, 0.3) is 0 Å². The van der Waals surface area contributed by atoms with Crippen LogP contribution in [0.25, 0.3) is 0 Å². The Kier molecular flexibility index (Phi) is 4.89. The largest absolute Gasteiger partial charge is 0.480 e. The van der Waals surface area contributed by atoms with Crippen molar-refractivity contribution < 1.29 is 14.7 Å². The molecule has 2 rings (SSSR count). The fourth-order valence-electron chi connectivity index (χ4n) is 3.61. The Morgan fingerprint density at radius 3 is 2.45 bits per heavy atom. The third-order valence-electron chi connectivity index (χ3n) is 4.72. The predicted molar refractivity (Wildman–Crippen MR) is 76.5 cm³/mol. The van der Waals surface area contributed by atoms with Crippen molar-refractivity contribution in [1.29, 1.82) is 0 Å². The maximum atomic E-state index is 12.4. The van der Waals surface area contributed by atoms with Crippen LogP contribution in [0.1, 0.15) is 52.4 Å². The van der Waals surface area contributed by atoms with Crippen molar-refractivity contribution in [2.24, 2.45) is 11.8 Å². The molecule has 1 saturated heterocycles. The molecular weight excluding hydrogens is 256 g/mol. The van der Waals surface area contributed by atoms with Crippen LogP contribution >= 0.6 is 0 Å². The zero-order valence-corrected chi connectivity index (χ0v) is 12.5. The number of amides is 2. The number of nitrogens with zero attached hydrogens (tertiary/aromatic N) is 1. The number of fused-ring (bicyclic) bond motifs is 1. The normalized spacial score (nSPS) is 27.9. The lowest BCUT2D eigenvalue weighted by Crippen LogP contribution is -2.56. The van der Waals surface area contributed by atoms with Crippen molar-refractivity contribution in [2.75, 3.05) is 6.54 Å². The number of likely N-dealkylation sites (tertiary alicyclic amines) is 1. The molecule has 114 valence electrons. The zero-order chi connectivity index (χ0) is 14.7. The van der Waals surface area contributed by atoms with Crippen molar-refractivity contribution in [1.82, 2.24) is 10.2 Å². The number of piperidine rings is 1. The van der Waals surface area contributed by atoms with Gasteiger partial charge in [-0.3, -0.25) is 0 Å². The summed E-state index contributed by atoms with van der Waals surface area (Å²) in [5.74, 6) is -0.445. The van der Waals surface area contributed by atoms with Gasteiger partial charge in [-0.25, -0.2) is 9.59 Å². The number of carbonyl (C=O) groups is 2. The van der Waals surface area contributed by atoms with Crippen LogP contribution in [0.3, 0.4) is 0 Å². The van der Waals surface area contributed by atoms with Crippen molar-refractivity contribution in [3.05, 3.63) is 0 Å². The quantitative estimate of drug-likeness (QED) is 0.835. The number of aliphatic carboxylic acids is 1. The van der Waals surface area contributed by atoms with E-state index in [1.54, 1.807) is 0 Å². The second-order valence-electron chi connectivity index (χ2n) is 6.46. The Hall–Kier alpha value is -1.26. The van der Waals surface area contributed by atoms with E-state index < -0.39 is 12.0 Å². The van der Waals surface area contributed by atoms with E-state index in [-0.39, 0.29) is 11.9 Å². The molecule has 3 atom stereocenters. The standard InChI is InChI=1S/C15H26N2O3/c1-10(2)13(14(18)19)16-15(20)17-9-5-7-11-6-3-4-8-12(11)17/h10-13H,3-9H2,1-2H3,(H,16,20)(H,18,19)/t11-,12-,13-/m1/s1. The van der Waals surface area contributed by atoms with E-state index in [1.807, 2.05) is 18.7 Å². The first-order chi connectivity index (χ1) is 9.50. The fourth-order valence-corrected chi connectivity index (χ4v) is 3.61. The highest BCUT2D eigenvalue weighted by atomic mass is 16.4. The minimum atomic E-state index is -0.953. The van der Waals surface area contributed by atoms with Crippen LogP contribution in [0.2, 0.25) is 0 Å². The summed E-state index contributed by atoms with van der Waals surface area (Å²) < 4.78 is 0. The molecule has 2 N–H and O–H groups in total. The van der Waals surface area contributed by atoms with E-state index in [4.69, 9.17) is 0 Å². The van der Waals surface area contributed by atoms with E-state index in [2.05, 4.69) is 5.32 Å². The molecule has 0 aromatic carbocycles. The van der Waals surface area contributed by atoms with Gasteiger partial charge in [0.2, 0.25) is 0 Å². The summed E-state index contributed by atoms with van der Waals surface area (Å²) in [4.78, 5) is 25.5. The molecule has 2 amide bonds. The summed E-state index contributed by atoms with van der Waals surface area (Å²) in [5, 5.41) is 11.9. The molecule has 0 unspecified atom stereocenters. The van der Waals surface area contributed by atoms with Crippen LogP contribution in [0.5, 0.6) is 0 Å². The second-order valence-corrected chi connectivity index (χ2v) is 6.46. The van der Waals surface area contributed by atoms with Gasteiger partial charge in [-0.15, -0.1) is 0 Å². The molecule has 1 saturated carbocycles. The predicted octanol–water partition coefficient (Wildman–Crippen LogP) is 2.46. The number of nitrogens with one attached hydrogen (secondary N) is 1. The van der Waals surface area contributed by atoms with Crippen molar-refractivity contribution in [3.63, 3.8) is 0 Å². The van der Waals surface area contributed by atoms with Crippen LogP contribution in [-0.2, 0) is 4.79 Å². The number of carboxylic acid groups (broad SMARTS) is 1. The zero-order valence-electron chi connectivity index (χ0n) is 12.5. The molecule has 2 aliphatic rings. The Morgan fingerprint density at radius 1 is 1.15 bits per heavy atom. The Labute approximate surface area is 120 Å². The minimum absolute atomic E-state index is 0.108. The first-order valence-corrected chi connectivity index (χ1v) is 7.80. The van der Waals surface area contributed by atoms with Crippen LogP contribution in [0.15, 0.2) is 0 Å². The molecule has 5 nitrogen and oxygen atoms in total. The highest BCUT2D eigenvalue weighted by molar-refractivity contribution is 5.83. The van der Waals surface area contributed by atoms with E-state index in [0.717, 1.165) is 19.4 Å². The van der Waals surface area contributed by atoms with E-state index >= 15 is 0 Å². The SMILES string of the molecule is CC(C)[C@@H](NC(=O)N1CCC[C@H]2CCCC[C@H]21)C(=O)O. The summed E-state index contributed by atoms with van der Waals surface area (Å²) in [6, 6.07) is -0.673. The van der Waals surface area contributed by atoms with Gasteiger partial charge in [0, 0.05) is 12.6 Å². The summed E-state index contributed by atoms with van der Waals surface area (Å²) in [6.45, 7) is 4.40. The summed E-state index contributed by atoms with van der Waals surface area (Å²) in [6.07, 6.45) is 6.96. The first kappa shape index (κ1) is 15.1. The van der Waals surface area contributed by atoms with Crippen LogP contribution < -0.4 is 5.32 Å². The Bertz CT molecular complexity index is 368. The topological polar surface area (TPSA) is 69.6 Å². The third-order valence-corrected chi connectivity index (χ3v) is 4.72. The van der Waals surface area contributed by atoms with E-state index in [9.17, 15) is 14.7 Å². The second kappa shape index (κ2) is 6.46. The van der Waals surface area contributed by atoms with Crippen LogP contribution in [0, 0.1) is 11.8 Å². The average molecular weight is 282 g/mol. The number of hydrogen-bond donors (Lipinski definition) is 2. The van der Waals surface area contributed by atoms with Gasteiger partial charge in [0.05, 0.1) is 0 Å². The average Bonchev–Trinajstić information content (AvgIpc) is 2.43. The third kappa shape index (κ3) is 3.25. The molecule has 0 radical (unpaired) electrons. The summed E-state index contributed by atoms with van der Waals surface area (Å²) in [5.41, 5.74) is 0. The number of carbonyl (C=O) groups excluding carboxylic acids is 1. The number of urea groups is 1. The highest BCUT2D eigenvalue weighted by Gasteiger charge is 2.37. The maximum Gasteiger partial charge on any atom is 0.326 e. The maximum absolute atomic E-state index is 12.4.